The number of amides is 1. The van der Waals surface area contributed by atoms with Crippen molar-refractivity contribution in [3.8, 4) is 17.2 Å². The molecule has 0 aromatic heterocycles. The normalized spacial score (nSPS) is 11.7. The number of Topliss-reactive ketones (excluding diaryl/α,β-unsaturated/α-hetero) is 1. The maximum atomic E-state index is 12.0. The lowest BCUT2D eigenvalue weighted by Crippen LogP contribution is -2.32. The van der Waals surface area contributed by atoms with Crippen LogP contribution in [0.1, 0.15) is 49.3 Å². The van der Waals surface area contributed by atoms with Crippen molar-refractivity contribution in [1.82, 2.24) is 10.6 Å². The van der Waals surface area contributed by atoms with Gasteiger partial charge in [0.2, 0.25) is 5.91 Å². The fourth-order valence-corrected chi connectivity index (χ4v) is 5.85. The molecule has 1 amide bonds. The summed E-state index contributed by atoms with van der Waals surface area (Å²) in [6.07, 6.45) is 1.83. The van der Waals surface area contributed by atoms with E-state index in [-0.39, 0.29) is 43.5 Å². The minimum absolute atomic E-state index is 0.0232. The minimum atomic E-state index is -0.863. The average molecular weight is 780 g/mol. The number of halogens is 2. The number of hydrogen-bond acceptors (Lipinski definition) is 7. The average Bonchev–Trinajstić information content (AvgIpc) is 2.86. The first-order valence-electron chi connectivity index (χ1n) is 13.2. The number of carbonyl (C=O) groups is 3. The van der Waals surface area contributed by atoms with E-state index in [0.29, 0.717) is 24.7 Å². The Morgan fingerprint density at radius 1 is 0.950 bits per heavy atom. The summed E-state index contributed by atoms with van der Waals surface area (Å²) in [5.41, 5.74) is 2.59. The fourth-order valence-electron chi connectivity index (χ4n) is 4.02. The topological polar surface area (TPSA) is 134 Å². The molecule has 2 rings (SSSR count). The summed E-state index contributed by atoms with van der Waals surface area (Å²) in [5, 5.41) is 24.0. The Labute approximate surface area is 263 Å². The number of aliphatic hydroxyl groups excluding tert-OH is 1. The molecule has 0 heterocycles. The zero-order valence-electron chi connectivity index (χ0n) is 23.1. The van der Waals surface area contributed by atoms with E-state index in [1.54, 1.807) is 6.92 Å². The first-order chi connectivity index (χ1) is 19.0. The number of aliphatic hydroxyl groups is 1. The van der Waals surface area contributed by atoms with E-state index in [1.165, 1.54) is 0 Å². The lowest BCUT2D eigenvalue weighted by atomic mass is 10.0. The zero-order valence-corrected chi connectivity index (χ0v) is 27.5. The van der Waals surface area contributed by atoms with Gasteiger partial charge >= 0.3 is 5.97 Å². The maximum absolute atomic E-state index is 12.0. The Hall–Kier alpha value is -1.97. The Bertz CT molecular complexity index is 1130. The molecule has 0 saturated carbocycles. The number of carbonyl (C=O) groups excluding carboxylic acids is 2. The Morgan fingerprint density at radius 2 is 1.62 bits per heavy atom. The zero-order chi connectivity index (χ0) is 29.7. The van der Waals surface area contributed by atoms with Crippen LogP contribution in [0, 0.1) is 26.9 Å². The van der Waals surface area contributed by atoms with Crippen LogP contribution < -0.4 is 20.1 Å². The van der Waals surface area contributed by atoms with Gasteiger partial charge in [0, 0.05) is 31.9 Å². The SMILES string of the molecule is Cc1cc(Oc2c(C)cc(CC(=O)O)cc2I)cc(I)c1OCCCNCCCNC(=O)C(C)CC(=O)CCO. The molecule has 9 nitrogen and oxygen atoms in total. The van der Waals surface area contributed by atoms with E-state index in [0.717, 1.165) is 55.5 Å². The van der Waals surface area contributed by atoms with Gasteiger partial charge in [0.05, 0.1) is 20.2 Å². The van der Waals surface area contributed by atoms with Crippen LogP contribution in [0.25, 0.3) is 0 Å². The molecule has 0 spiro atoms. The first kappa shape index (κ1) is 34.2. The van der Waals surface area contributed by atoms with Gasteiger partial charge in [-0.25, -0.2) is 0 Å². The van der Waals surface area contributed by atoms with Gasteiger partial charge in [-0.3, -0.25) is 14.4 Å². The number of aliphatic carboxylic acids is 1. The van der Waals surface area contributed by atoms with Crippen LogP contribution in [0.15, 0.2) is 24.3 Å². The highest BCUT2D eigenvalue weighted by atomic mass is 127. The molecule has 220 valence electrons. The number of benzene rings is 2. The molecular formula is C29H38I2N2O7. The second-order valence-corrected chi connectivity index (χ2v) is 12.0. The molecule has 0 aliphatic carbocycles. The van der Waals surface area contributed by atoms with Crippen molar-refractivity contribution in [3.63, 3.8) is 0 Å². The van der Waals surface area contributed by atoms with E-state index in [9.17, 15) is 14.4 Å². The summed E-state index contributed by atoms with van der Waals surface area (Å²) in [6.45, 7) is 8.07. The highest BCUT2D eigenvalue weighted by molar-refractivity contribution is 14.1. The third kappa shape index (κ3) is 11.9. The third-order valence-electron chi connectivity index (χ3n) is 6.01. The summed E-state index contributed by atoms with van der Waals surface area (Å²) >= 11 is 4.41. The van der Waals surface area contributed by atoms with Crippen molar-refractivity contribution in [1.29, 1.82) is 0 Å². The van der Waals surface area contributed by atoms with Gasteiger partial charge in [-0.1, -0.05) is 13.0 Å². The third-order valence-corrected chi connectivity index (χ3v) is 7.62. The molecule has 0 radical (unpaired) electrons. The van der Waals surface area contributed by atoms with Crippen molar-refractivity contribution in [3.05, 3.63) is 48.1 Å². The molecule has 2 aromatic carbocycles. The summed E-state index contributed by atoms with van der Waals surface area (Å²) in [7, 11) is 0. The van der Waals surface area contributed by atoms with Crippen LogP contribution in [-0.2, 0) is 20.8 Å². The molecular weight excluding hydrogens is 742 g/mol. The number of hydrogen-bond donors (Lipinski definition) is 4. The van der Waals surface area contributed by atoms with E-state index in [1.807, 2.05) is 38.1 Å². The van der Waals surface area contributed by atoms with E-state index in [4.69, 9.17) is 19.7 Å². The van der Waals surface area contributed by atoms with Gasteiger partial charge in [-0.2, -0.15) is 0 Å². The largest absolute Gasteiger partial charge is 0.492 e. The Kier molecular flexibility index (Phi) is 15.2. The van der Waals surface area contributed by atoms with Gasteiger partial charge in [0.1, 0.15) is 23.0 Å². The van der Waals surface area contributed by atoms with Crippen LogP contribution in [0.4, 0.5) is 0 Å². The standard InChI is InChI=1S/C29H38I2N2O7/c1-18-12-21(16-26(36)37)15-24(30)28(18)40-23-14-19(2)27(25(31)17-23)39-11-5-8-32-7-4-9-33-29(38)20(3)13-22(35)6-10-34/h12,14-15,17,20,32,34H,4-11,13,16H2,1-3H3,(H,33,38)(H,36,37). The summed E-state index contributed by atoms with van der Waals surface area (Å²) in [5.74, 6) is 0.743. The quantitative estimate of drug-likeness (QED) is 0.126. The lowest BCUT2D eigenvalue weighted by molar-refractivity contribution is -0.136. The van der Waals surface area contributed by atoms with Gasteiger partial charge in [0.25, 0.3) is 0 Å². The molecule has 1 unspecified atom stereocenters. The summed E-state index contributed by atoms with van der Waals surface area (Å²) in [6, 6.07) is 7.55. The van der Waals surface area contributed by atoms with Crippen molar-refractivity contribution in [2.24, 2.45) is 5.92 Å². The molecule has 40 heavy (non-hydrogen) atoms. The fraction of sp³-hybridized carbons (Fsp3) is 0.483. The molecule has 0 fully saturated rings. The van der Waals surface area contributed by atoms with Crippen molar-refractivity contribution in [2.45, 2.75) is 52.9 Å². The number of nitrogens with one attached hydrogen (secondary N) is 2. The second kappa shape index (κ2) is 17.8. The molecule has 0 aliphatic heterocycles. The summed E-state index contributed by atoms with van der Waals surface area (Å²) < 4.78 is 14.0. The minimum Gasteiger partial charge on any atom is -0.492 e. The van der Waals surface area contributed by atoms with E-state index >= 15 is 0 Å². The van der Waals surface area contributed by atoms with E-state index < -0.39 is 5.97 Å². The predicted octanol–water partition coefficient (Wildman–Crippen LogP) is 4.77. The first-order valence-corrected chi connectivity index (χ1v) is 15.4. The molecule has 0 aliphatic rings. The number of rotatable bonds is 18. The molecule has 0 bridgehead atoms. The van der Waals surface area contributed by atoms with Crippen LogP contribution in [0.2, 0.25) is 0 Å². The van der Waals surface area contributed by atoms with Gasteiger partial charge in [0.15, 0.2) is 0 Å². The van der Waals surface area contributed by atoms with Crippen LogP contribution >= 0.6 is 45.2 Å². The number of ketones is 1. The van der Waals surface area contributed by atoms with Gasteiger partial charge in [-0.15, -0.1) is 0 Å². The lowest BCUT2D eigenvalue weighted by Gasteiger charge is -2.16. The van der Waals surface area contributed by atoms with Crippen LogP contribution in [0.5, 0.6) is 17.2 Å². The van der Waals surface area contributed by atoms with Gasteiger partial charge in [-0.05, 0) is 120 Å². The maximum Gasteiger partial charge on any atom is 0.307 e. The molecule has 0 saturated heterocycles. The molecule has 1 atom stereocenters. The highest BCUT2D eigenvalue weighted by Gasteiger charge is 2.16. The monoisotopic (exact) mass is 780 g/mol. The smallest absolute Gasteiger partial charge is 0.307 e. The predicted molar refractivity (Wildman–Crippen MR) is 170 cm³/mol. The Balaban J connectivity index is 1.72. The number of aryl methyl sites for hydroxylation is 2. The van der Waals surface area contributed by atoms with E-state index in [2.05, 4.69) is 55.8 Å². The van der Waals surface area contributed by atoms with Crippen LogP contribution in [-0.4, -0.2) is 60.7 Å². The van der Waals surface area contributed by atoms with Crippen molar-refractivity contribution in [2.75, 3.05) is 32.8 Å². The second-order valence-electron chi connectivity index (χ2n) is 9.66. The summed E-state index contributed by atoms with van der Waals surface area (Å²) in [4.78, 5) is 34.6. The van der Waals surface area contributed by atoms with Crippen molar-refractivity contribution < 1.29 is 34.1 Å². The van der Waals surface area contributed by atoms with Crippen molar-refractivity contribution >= 4 is 62.8 Å². The molecule has 11 heteroatoms. The number of ether oxygens (including phenoxy) is 2. The number of carboxylic acid groups (broad SMARTS) is 1. The molecule has 2 aromatic rings. The van der Waals surface area contributed by atoms with Crippen LogP contribution in [0.3, 0.4) is 0 Å². The van der Waals surface area contributed by atoms with Gasteiger partial charge < -0.3 is 30.3 Å². The Morgan fingerprint density at radius 3 is 2.27 bits per heavy atom. The molecule has 4 N–H and O–H groups in total. The number of carboxylic acids is 1. The highest BCUT2D eigenvalue weighted by Crippen LogP contribution is 2.36.